The van der Waals surface area contributed by atoms with Gasteiger partial charge in [-0.05, 0) is 30.3 Å². The molecule has 9 nitrogen and oxygen atoms in total. The van der Waals surface area contributed by atoms with E-state index in [9.17, 15) is 9.59 Å². The van der Waals surface area contributed by atoms with Crippen LogP contribution in [0.15, 0.2) is 61.1 Å². The largest absolute Gasteiger partial charge is 0.436 e. The molecule has 1 aromatic carbocycles. The van der Waals surface area contributed by atoms with E-state index in [1.165, 1.54) is 4.90 Å². The van der Waals surface area contributed by atoms with Crippen LogP contribution in [0, 0.1) is 0 Å². The average molecular weight is 416 g/mol. The van der Waals surface area contributed by atoms with E-state index >= 15 is 0 Å². The summed E-state index contributed by atoms with van der Waals surface area (Å²) in [6, 6.07) is 12.2. The molecule has 1 fully saturated rings. The summed E-state index contributed by atoms with van der Waals surface area (Å²) in [5.41, 5.74) is 0.882. The molecule has 0 spiro atoms. The lowest BCUT2D eigenvalue weighted by Gasteiger charge is -2.35. The molecule has 9 heteroatoms. The normalized spacial score (nSPS) is 15.6. The summed E-state index contributed by atoms with van der Waals surface area (Å²) in [6.07, 6.45) is 5.01. The molecular formula is C22H20N6O3. The van der Waals surface area contributed by atoms with Gasteiger partial charge in [0.25, 0.3) is 5.91 Å². The van der Waals surface area contributed by atoms with E-state index in [4.69, 9.17) is 4.74 Å². The predicted octanol–water partition coefficient (Wildman–Crippen LogP) is 1.97. The summed E-state index contributed by atoms with van der Waals surface area (Å²) >= 11 is 0. The second kappa shape index (κ2) is 8.02. The maximum atomic E-state index is 13.3. The van der Waals surface area contributed by atoms with Gasteiger partial charge in [0.2, 0.25) is 17.7 Å². The molecule has 0 unspecified atom stereocenters. The topological polar surface area (TPSA) is 91.8 Å². The third-order valence-electron chi connectivity index (χ3n) is 5.37. The Bertz CT molecular complexity index is 1110. The molecule has 2 aromatic heterocycles. The SMILES string of the molecule is O=C(CN1C(=O)c2ccccc2Oc2ncccc21)N1CCN(c2ncccn2)CC1. The fourth-order valence-electron chi connectivity index (χ4n) is 3.76. The summed E-state index contributed by atoms with van der Waals surface area (Å²) < 4.78 is 5.87. The van der Waals surface area contributed by atoms with Gasteiger partial charge in [0.05, 0.1) is 5.56 Å². The first-order valence-corrected chi connectivity index (χ1v) is 10.0. The Kier molecular flexibility index (Phi) is 4.91. The maximum Gasteiger partial charge on any atom is 0.262 e. The van der Waals surface area contributed by atoms with Crippen molar-refractivity contribution in [1.82, 2.24) is 19.9 Å². The highest BCUT2D eigenvalue weighted by atomic mass is 16.5. The zero-order valence-corrected chi connectivity index (χ0v) is 16.7. The fourth-order valence-corrected chi connectivity index (χ4v) is 3.76. The number of hydrogen-bond acceptors (Lipinski definition) is 7. The second-order valence-corrected chi connectivity index (χ2v) is 7.23. The monoisotopic (exact) mass is 416 g/mol. The smallest absolute Gasteiger partial charge is 0.262 e. The van der Waals surface area contributed by atoms with E-state index in [1.54, 1.807) is 66.0 Å². The molecule has 0 saturated carbocycles. The number of benzene rings is 1. The molecule has 2 aliphatic heterocycles. The highest BCUT2D eigenvalue weighted by Gasteiger charge is 2.32. The van der Waals surface area contributed by atoms with E-state index < -0.39 is 0 Å². The minimum Gasteiger partial charge on any atom is -0.436 e. The number of hydrogen-bond donors (Lipinski definition) is 0. The third-order valence-corrected chi connectivity index (χ3v) is 5.37. The van der Waals surface area contributed by atoms with Crippen LogP contribution in [-0.4, -0.2) is 64.4 Å². The number of anilines is 2. The van der Waals surface area contributed by atoms with Gasteiger partial charge >= 0.3 is 0 Å². The van der Waals surface area contributed by atoms with Crippen LogP contribution in [0.25, 0.3) is 0 Å². The number of piperazine rings is 1. The lowest BCUT2D eigenvalue weighted by Crippen LogP contribution is -2.52. The van der Waals surface area contributed by atoms with Crippen molar-refractivity contribution in [3.8, 4) is 11.6 Å². The van der Waals surface area contributed by atoms with Crippen molar-refractivity contribution < 1.29 is 14.3 Å². The molecule has 0 aliphatic carbocycles. The van der Waals surface area contributed by atoms with Gasteiger partial charge in [0.1, 0.15) is 18.0 Å². The van der Waals surface area contributed by atoms with E-state index in [1.807, 2.05) is 4.90 Å². The number of amides is 2. The van der Waals surface area contributed by atoms with Crippen molar-refractivity contribution >= 4 is 23.5 Å². The van der Waals surface area contributed by atoms with Crippen molar-refractivity contribution in [2.45, 2.75) is 0 Å². The minimum absolute atomic E-state index is 0.0863. The quantitative estimate of drug-likeness (QED) is 0.645. The number of carbonyl (C=O) groups excluding carboxylic acids is 2. The first kappa shape index (κ1) is 19.0. The van der Waals surface area contributed by atoms with Crippen molar-refractivity contribution in [1.29, 1.82) is 0 Å². The first-order chi connectivity index (χ1) is 15.2. The van der Waals surface area contributed by atoms with Crippen molar-refractivity contribution in [3.63, 3.8) is 0 Å². The van der Waals surface area contributed by atoms with E-state index in [0.29, 0.717) is 55.0 Å². The van der Waals surface area contributed by atoms with Gasteiger partial charge in [0, 0.05) is 44.8 Å². The minimum atomic E-state index is -0.285. The summed E-state index contributed by atoms with van der Waals surface area (Å²) in [6.45, 7) is 2.25. The van der Waals surface area contributed by atoms with E-state index in [-0.39, 0.29) is 18.4 Å². The Balaban J connectivity index is 1.34. The van der Waals surface area contributed by atoms with Crippen LogP contribution in [0.4, 0.5) is 11.6 Å². The highest BCUT2D eigenvalue weighted by molar-refractivity contribution is 6.11. The summed E-state index contributed by atoms with van der Waals surface area (Å²) in [5.74, 6) is 0.979. The molecular weight excluding hydrogens is 396 g/mol. The van der Waals surface area contributed by atoms with Crippen molar-refractivity contribution in [2.75, 3.05) is 42.5 Å². The molecule has 0 bridgehead atoms. The molecule has 2 amide bonds. The Labute approximate surface area is 178 Å². The summed E-state index contributed by atoms with van der Waals surface area (Å²) in [5, 5.41) is 0. The van der Waals surface area contributed by atoms with Crippen molar-refractivity contribution in [3.05, 3.63) is 66.6 Å². The number of aromatic nitrogens is 3. The molecule has 3 aromatic rings. The van der Waals surface area contributed by atoms with Gasteiger partial charge in [-0.3, -0.25) is 14.5 Å². The van der Waals surface area contributed by atoms with Crippen LogP contribution in [0.3, 0.4) is 0 Å². The van der Waals surface area contributed by atoms with Crippen LogP contribution in [0.5, 0.6) is 11.6 Å². The standard InChI is InChI=1S/C22H20N6O3/c29-19(26-11-13-27(14-12-26)22-24-9-4-10-25-22)15-28-17-6-3-8-23-20(17)31-18-7-2-1-5-16(18)21(28)30/h1-10H,11-15H2. The molecule has 2 aliphatic rings. The number of carbonyl (C=O) groups is 2. The fraction of sp³-hybridized carbons (Fsp3) is 0.227. The number of rotatable bonds is 3. The van der Waals surface area contributed by atoms with Crippen molar-refractivity contribution in [2.24, 2.45) is 0 Å². The number of ether oxygens (including phenoxy) is 1. The first-order valence-electron chi connectivity index (χ1n) is 10.0. The van der Waals surface area contributed by atoms with Gasteiger partial charge in [-0.2, -0.15) is 0 Å². The molecule has 0 radical (unpaired) electrons. The Morgan fingerprint density at radius 3 is 2.45 bits per heavy atom. The van der Waals surface area contributed by atoms with Gasteiger partial charge in [0.15, 0.2) is 0 Å². The van der Waals surface area contributed by atoms with Crippen LogP contribution in [0.1, 0.15) is 10.4 Å². The molecule has 156 valence electrons. The summed E-state index contributed by atoms with van der Waals surface area (Å²) in [4.78, 5) is 44.5. The summed E-state index contributed by atoms with van der Waals surface area (Å²) in [7, 11) is 0. The Morgan fingerprint density at radius 1 is 0.903 bits per heavy atom. The molecule has 4 heterocycles. The number of para-hydroxylation sites is 1. The lowest BCUT2D eigenvalue weighted by molar-refractivity contribution is -0.129. The number of fused-ring (bicyclic) bond motifs is 2. The van der Waals surface area contributed by atoms with E-state index in [2.05, 4.69) is 15.0 Å². The van der Waals surface area contributed by atoms with Crippen LogP contribution < -0.4 is 14.5 Å². The van der Waals surface area contributed by atoms with Gasteiger partial charge < -0.3 is 14.5 Å². The van der Waals surface area contributed by atoms with Crippen LogP contribution >= 0.6 is 0 Å². The zero-order valence-electron chi connectivity index (χ0n) is 16.7. The highest BCUT2D eigenvalue weighted by Crippen LogP contribution is 2.37. The molecule has 31 heavy (non-hydrogen) atoms. The predicted molar refractivity (Wildman–Crippen MR) is 113 cm³/mol. The Hall–Kier alpha value is -4.01. The molecule has 0 atom stereocenters. The second-order valence-electron chi connectivity index (χ2n) is 7.23. The van der Waals surface area contributed by atoms with Gasteiger partial charge in [-0.25, -0.2) is 15.0 Å². The Morgan fingerprint density at radius 2 is 1.65 bits per heavy atom. The average Bonchev–Trinajstić information content (AvgIpc) is 2.94. The maximum absolute atomic E-state index is 13.3. The molecule has 1 saturated heterocycles. The molecule has 0 N–H and O–H groups in total. The van der Waals surface area contributed by atoms with Crippen LogP contribution in [-0.2, 0) is 4.79 Å². The lowest BCUT2D eigenvalue weighted by atomic mass is 10.1. The van der Waals surface area contributed by atoms with Gasteiger partial charge in [-0.15, -0.1) is 0 Å². The number of pyridine rings is 1. The zero-order chi connectivity index (χ0) is 21.2. The third kappa shape index (κ3) is 3.65. The molecule has 5 rings (SSSR count). The van der Waals surface area contributed by atoms with E-state index in [0.717, 1.165) is 0 Å². The van der Waals surface area contributed by atoms with Crippen LogP contribution in [0.2, 0.25) is 0 Å². The van der Waals surface area contributed by atoms with Gasteiger partial charge in [-0.1, -0.05) is 12.1 Å². The number of nitrogens with zero attached hydrogens (tertiary/aromatic N) is 6.